The van der Waals surface area contributed by atoms with Crippen molar-refractivity contribution in [2.24, 2.45) is 0 Å². The average Bonchev–Trinajstić information content (AvgIpc) is 2.76. The number of β-amino-alcohol motifs (C(OH)–C–C–N with tert-alkyl or cyclic N) is 1. The van der Waals surface area contributed by atoms with E-state index >= 15 is 0 Å². The quantitative estimate of drug-likeness (QED) is 0.647. The van der Waals surface area contributed by atoms with Crippen LogP contribution in [0.2, 0.25) is 0 Å². The van der Waals surface area contributed by atoms with Crippen LogP contribution in [0.4, 0.5) is 5.69 Å². The second-order valence-corrected chi connectivity index (χ2v) is 4.23. The Labute approximate surface area is 116 Å². The lowest BCUT2D eigenvalue weighted by atomic mass is 10.1. The number of aliphatic hydroxyl groups is 1. The van der Waals surface area contributed by atoms with E-state index in [1.165, 1.54) is 12.1 Å². The van der Waals surface area contributed by atoms with Gasteiger partial charge in [-0.15, -0.1) is 12.4 Å². The standard InChI is InChI=1S/C12H14N2O4.ClH/c15-9-5-10(13-6-9)11(16)14-8-3-1-2-7(4-8)12(17)18;/h1-4,9-10,13,15H,5-6H2,(H,14,16)(H,17,18);1H/t9-,10+;/m1./s1. The van der Waals surface area contributed by atoms with Crippen LogP contribution in [-0.2, 0) is 4.79 Å². The van der Waals surface area contributed by atoms with Gasteiger partial charge in [-0.05, 0) is 24.6 Å². The molecule has 1 aliphatic heterocycles. The Morgan fingerprint density at radius 2 is 2.11 bits per heavy atom. The zero-order valence-electron chi connectivity index (χ0n) is 10.00. The van der Waals surface area contributed by atoms with E-state index in [0.717, 1.165) is 0 Å². The molecule has 0 aliphatic carbocycles. The van der Waals surface area contributed by atoms with Crippen LogP contribution in [0.3, 0.4) is 0 Å². The van der Waals surface area contributed by atoms with Crippen molar-refractivity contribution in [3.05, 3.63) is 29.8 Å². The third kappa shape index (κ3) is 3.92. The summed E-state index contributed by atoms with van der Waals surface area (Å²) in [6.07, 6.45) is -0.143. The topological polar surface area (TPSA) is 98.7 Å². The fourth-order valence-electron chi connectivity index (χ4n) is 1.88. The number of hydrogen-bond donors (Lipinski definition) is 4. The SMILES string of the molecule is Cl.O=C(O)c1cccc(NC(=O)[C@@H]2C[C@@H](O)CN2)c1. The van der Waals surface area contributed by atoms with Gasteiger partial charge in [0.25, 0.3) is 0 Å². The number of aliphatic hydroxyl groups excluding tert-OH is 1. The average molecular weight is 287 g/mol. The normalized spacial score (nSPS) is 21.5. The van der Waals surface area contributed by atoms with Gasteiger partial charge in [-0.2, -0.15) is 0 Å². The van der Waals surface area contributed by atoms with Crippen LogP contribution in [0.15, 0.2) is 24.3 Å². The van der Waals surface area contributed by atoms with E-state index in [-0.39, 0.29) is 23.9 Å². The molecular formula is C12H15ClN2O4. The first-order chi connectivity index (χ1) is 8.56. The predicted molar refractivity (Wildman–Crippen MR) is 71.7 cm³/mol. The number of halogens is 1. The summed E-state index contributed by atoms with van der Waals surface area (Å²) in [4.78, 5) is 22.6. The van der Waals surface area contributed by atoms with Crippen LogP contribution in [0.25, 0.3) is 0 Å². The molecule has 0 saturated carbocycles. The number of aromatic carboxylic acids is 1. The predicted octanol–water partition coefficient (Wildman–Crippen LogP) is 0.468. The number of nitrogens with one attached hydrogen (secondary N) is 2. The van der Waals surface area contributed by atoms with Crippen molar-refractivity contribution in [3.63, 3.8) is 0 Å². The maximum Gasteiger partial charge on any atom is 0.335 e. The largest absolute Gasteiger partial charge is 0.478 e. The minimum absolute atomic E-state index is 0. The lowest BCUT2D eigenvalue weighted by Crippen LogP contribution is -2.35. The smallest absolute Gasteiger partial charge is 0.335 e. The summed E-state index contributed by atoms with van der Waals surface area (Å²) in [7, 11) is 0. The van der Waals surface area contributed by atoms with Gasteiger partial charge in [0.1, 0.15) is 0 Å². The van der Waals surface area contributed by atoms with Gasteiger partial charge in [-0.25, -0.2) is 4.79 Å². The van der Waals surface area contributed by atoms with E-state index in [9.17, 15) is 14.7 Å². The zero-order valence-corrected chi connectivity index (χ0v) is 10.8. The number of amides is 1. The molecule has 1 amide bonds. The maximum atomic E-state index is 11.8. The molecule has 1 aliphatic rings. The molecule has 19 heavy (non-hydrogen) atoms. The molecule has 104 valence electrons. The van der Waals surface area contributed by atoms with E-state index in [4.69, 9.17) is 5.11 Å². The van der Waals surface area contributed by atoms with Crippen molar-refractivity contribution < 1.29 is 19.8 Å². The molecule has 1 heterocycles. The molecule has 4 N–H and O–H groups in total. The fourth-order valence-corrected chi connectivity index (χ4v) is 1.88. The van der Waals surface area contributed by atoms with Crippen molar-refractivity contribution in [2.75, 3.05) is 11.9 Å². The highest BCUT2D eigenvalue weighted by molar-refractivity contribution is 5.96. The summed E-state index contributed by atoms with van der Waals surface area (Å²) in [6, 6.07) is 5.60. The highest BCUT2D eigenvalue weighted by Gasteiger charge is 2.27. The Kier molecular flexibility index (Phi) is 5.29. The van der Waals surface area contributed by atoms with E-state index in [1.807, 2.05) is 0 Å². The molecule has 0 spiro atoms. The third-order valence-corrected chi connectivity index (χ3v) is 2.80. The van der Waals surface area contributed by atoms with Gasteiger partial charge in [0.2, 0.25) is 5.91 Å². The van der Waals surface area contributed by atoms with Crippen LogP contribution < -0.4 is 10.6 Å². The molecule has 1 saturated heterocycles. The number of carboxylic acids is 1. The molecule has 2 rings (SSSR count). The summed E-state index contributed by atoms with van der Waals surface area (Å²) >= 11 is 0. The molecule has 1 aromatic rings. The number of carbonyl (C=O) groups excluding carboxylic acids is 1. The van der Waals surface area contributed by atoms with E-state index in [1.54, 1.807) is 12.1 Å². The van der Waals surface area contributed by atoms with Crippen LogP contribution >= 0.6 is 12.4 Å². The van der Waals surface area contributed by atoms with Gasteiger partial charge in [0.15, 0.2) is 0 Å². The molecule has 0 aromatic heterocycles. The van der Waals surface area contributed by atoms with Crippen LogP contribution in [0, 0.1) is 0 Å². The first-order valence-corrected chi connectivity index (χ1v) is 5.62. The lowest BCUT2D eigenvalue weighted by molar-refractivity contribution is -0.117. The minimum Gasteiger partial charge on any atom is -0.478 e. The Hall–Kier alpha value is -1.63. The van der Waals surface area contributed by atoms with Crippen molar-refractivity contribution >= 4 is 30.0 Å². The number of carbonyl (C=O) groups is 2. The second kappa shape index (κ2) is 6.51. The molecule has 0 radical (unpaired) electrons. The molecule has 0 bridgehead atoms. The van der Waals surface area contributed by atoms with Crippen molar-refractivity contribution in [3.8, 4) is 0 Å². The van der Waals surface area contributed by atoms with Gasteiger partial charge in [-0.3, -0.25) is 4.79 Å². The number of hydrogen-bond acceptors (Lipinski definition) is 4. The molecule has 6 nitrogen and oxygen atoms in total. The van der Waals surface area contributed by atoms with Crippen molar-refractivity contribution in [1.82, 2.24) is 5.32 Å². The molecular weight excluding hydrogens is 272 g/mol. The minimum atomic E-state index is -1.04. The van der Waals surface area contributed by atoms with E-state index in [0.29, 0.717) is 18.7 Å². The third-order valence-electron chi connectivity index (χ3n) is 2.80. The Balaban J connectivity index is 0.00000180. The Bertz CT molecular complexity index is 481. The highest BCUT2D eigenvalue weighted by atomic mass is 35.5. The van der Waals surface area contributed by atoms with Crippen LogP contribution in [0.5, 0.6) is 0 Å². The maximum absolute atomic E-state index is 11.8. The Morgan fingerprint density at radius 1 is 1.37 bits per heavy atom. The van der Waals surface area contributed by atoms with Gasteiger partial charge < -0.3 is 20.8 Å². The molecule has 0 unspecified atom stereocenters. The highest BCUT2D eigenvalue weighted by Crippen LogP contribution is 2.13. The van der Waals surface area contributed by atoms with E-state index in [2.05, 4.69) is 10.6 Å². The second-order valence-electron chi connectivity index (χ2n) is 4.23. The first-order valence-electron chi connectivity index (χ1n) is 5.62. The first kappa shape index (κ1) is 15.4. The number of rotatable bonds is 3. The monoisotopic (exact) mass is 286 g/mol. The molecule has 1 fully saturated rings. The molecule has 1 aromatic carbocycles. The van der Waals surface area contributed by atoms with Gasteiger partial charge in [0.05, 0.1) is 17.7 Å². The summed E-state index contributed by atoms with van der Waals surface area (Å²) < 4.78 is 0. The van der Waals surface area contributed by atoms with Gasteiger partial charge >= 0.3 is 5.97 Å². The Morgan fingerprint density at radius 3 is 2.68 bits per heavy atom. The summed E-state index contributed by atoms with van der Waals surface area (Å²) in [5.74, 6) is -1.31. The summed E-state index contributed by atoms with van der Waals surface area (Å²) in [5, 5.41) is 23.7. The van der Waals surface area contributed by atoms with Crippen molar-refractivity contribution in [1.29, 1.82) is 0 Å². The summed E-state index contributed by atoms with van der Waals surface area (Å²) in [6.45, 7) is 0.396. The van der Waals surface area contributed by atoms with Crippen LogP contribution in [-0.4, -0.2) is 40.8 Å². The van der Waals surface area contributed by atoms with Crippen LogP contribution in [0.1, 0.15) is 16.8 Å². The number of carboxylic acid groups (broad SMARTS) is 1. The van der Waals surface area contributed by atoms with Gasteiger partial charge in [0, 0.05) is 12.2 Å². The van der Waals surface area contributed by atoms with Crippen molar-refractivity contribution in [2.45, 2.75) is 18.6 Å². The molecule has 7 heteroatoms. The fraction of sp³-hybridized carbons (Fsp3) is 0.333. The molecule has 2 atom stereocenters. The van der Waals surface area contributed by atoms with Gasteiger partial charge in [-0.1, -0.05) is 6.07 Å². The van der Waals surface area contributed by atoms with E-state index < -0.39 is 18.1 Å². The lowest BCUT2D eigenvalue weighted by Gasteiger charge is -2.11. The number of anilines is 1. The number of benzene rings is 1. The summed E-state index contributed by atoms with van der Waals surface area (Å²) in [5.41, 5.74) is 0.551. The zero-order chi connectivity index (χ0) is 13.1.